The summed E-state index contributed by atoms with van der Waals surface area (Å²) >= 11 is 11.7. The van der Waals surface area contributed by atoms with E-state index in [2.05, 4.69) is 5.32 Å². The first kappa shape index (κ1) is 18.5. The van der Waals surface area contributed by atoms with Crippen LogP contribution in [0.4, 0.5) is 0 Å². The van der Waals surface area contributed by atoms with Crippen LogP contribution in [0.5, 0.6) is 0 Å². The summed E-state index contributed by atoms with van der Waals surface area (Å²) < 4.78 is 0. The first-order valence-corrected chi connectivity index (χ1v) is 6.72. The van der Waals surface area contributed by atoms with E-state index in [1.165, 1.54) is 0 Å². The summed E-state index contributed by atoms with van der Waals surface area (Å²) in [6, 6.07) is 5.57. The lowest BCUT2D eigenvalue weighted by atomic mass is 10.1. The minimum absolute atomic E-state index is 0. The van der Waals surface area contributed by atoms with E-state index in [9.17, 15) is 4.79 Å². The Morgan fingerprint density at radius 1 is 1.37 bits per heavy atom. The van der Waals surface area contributed by atoms with E-state index in [0.29, 0.717) is 23.0 Å². The van der Waals surface area contributed by atoms with Crippen LogP contribution in [0.25, 0.3) is 0 Å². The average Bonchev–Trinajstić information content (AvgIpc) is 2.33. The number of benzene rings is 1. The van der Waals surface area contributed by atoms with Crippen LogP contribution in [0.15, 0.2) is 18.2 Å². The van der Waals surface area contributed by atoms with Crippen molar-refractivity contribution in [2.75, 3.05) is 6.54 Å². The first-order chi connectivity index (χ1) is 8.52. The summed E-state index contributed by atoms with van der Waals surface area (Å²) in [6.07, 6.45) is 2.08. The predicted octanol–water partition coefficient (Wildman–Crippen LogP) is 3.20. The minimum Gasteiger partial charge on any atom is -0.352 e. The monoisotopic (exact) mass is 324 g/mol. The van der Waals surface area contributed by atoms with Crippen LogP contribution < -0.4 is 11.1 Å². The smallest absolute Gasteiger partial charge is 0.220 e. The fourth-order valence-corrected chi connectivity index (χ4v) is 1.87. The molecule has 0 aliphatic rings. The number of halogens is 3. The molecule has 1 aromatic rings. The standard InChI is InChI=1S/C13H18Cl2N2O.ClH/c1-9(8-16)17-13(18)4-2-3-10-5-6-11(14)12(15)7-10;/h5-7,9H,2-4,8,16H2,1H3,(H,17,18);1H/t9-;/m0./s1. The van der Waals surface area contributed by atoms with Gasteiger partial charge in [-0.2, -0.15) is 0 Å². The maximum absolute atomic E-state index is 11.5. The third kappa shape index (κ3) is 7.02. The van der Waals surface area contributed by atoms with E-state index in [1.807, 2.05) is 19.1 Å². The van der Waals surface area contributed by atoms with E-state index >= 15 is 0 Å². The van der Waals surface area contributed by atoms with Crippen molar-refractivity contribution in [3.63, 3.8) is 0 Å². The average molecular weight is 326 g/mol. The molecular formula is C13H19Cl3N2O. The molecule has 3 N–H and O–H groups in total. The molecule has 0 bridgehead atoms. The lowest BCUT2D eigenvalue weighted by Crippen LogP contribution is -2.37. The molecular weight excluding hydrogens is 307 g/mol. The van der Waals surface area contributed by atoms with Crippen LogP contribution in [0.2, 0.25) is 10.0 Å². The Kier molecular flexibility index (Phi) is 9.19. The molecule has 0 heterocycles. The summed E-state index contributed by atoms with van der Waals surface area (Å²) in [5.41, 5.74) is 6.52. The van der Waals surface area contributed by atoms with Gasteiger partial charge >= 0.3 is 0 Å². The normalized spacial score (nSPS) is 11.6. The molecule has 3 nitrogen and oxygen atoms in total. The number of amides is 1. The fraction of sp³-hybridized carbons (Fsp3) is 0.462. The molecule has 0 aliphatic carbocycles. The molecule has 0 spiro atoms. The number of hydrogen-bond acceptors (Lipinski definition) is 2. The van der Waals surface area contributed by atoms with E-state index in [1.54, 1.807) is 6.07 Å². The highest BCUT2D eigenvalue weighted by Gasteiger charge is 2.06. The summed E-state index contributed by atoms with van der Waals surface area (Å²) in [5.74, 6) is 0.0352. The molecule has 6 heteroatoms. The van der Waals surface area contributed by atoms with Gasteiger partial charge in [0.2, 0.25) is 5.91 Å². The van der Waals surface area contributed by atoms with Gasteiger partial charge in [0.25, 0.3) is 0 Å². The highest BCUT2D eigenvalue weighted by Crippen LogP contribution is 2.23. The van der Waals surface area contributed by atoms with Gasteiger partial charge in [-0.1, -0.05) is 29.3 Å². The van der Waals surface area contributed by atoms with Gasteiger partial charge in [-0.3, -0.25) is 4.79 Å². The Bertz CT molecular complexity index is 413. The van der Waals surface area contributed by atoms with Crippen molar-refractivity contribution < 1.29 is 4.79 Å². The highest BCUT2D eigenvalue weighted by molar-refractivity contribution is 6.42. The lowest BCUT2D eigenvalue weighted by molar-refractivity contribution is -0.121. The van der Waals surface area contributed by atoms with E-state index < -0.39 is 0 Å². The van der Waals surface area contributed by atoms with Crippen LogP contribution in [0, 0.1) is 0 Å². The molecule has 0 fully saturated rings. The zero-order valence-electron chi connectivity index (χ0n) is 10.8. The quantitative estimate of drug-likeness (QED) is 0.844. The number of nitrogens with two attached hydrogens (primary N) is 1. The highest BCUT2D eigenvalue weighted by atomic mass is 35.5. The molecule has 108 valence electrons. The van der Waals surface area contributed by atoms with Crippen LogP contribution in [0.1, 0.15) is 25.3 Å². The van der Waals surface area contributed by atoms with Gasteiger partial charge in [-0.25, -0.2) is 0 Å². The van der Waals surface area contributed by atoms with Gasteiger partial charge in [-0.15, -0.1) is 12.4 Å². The van der Waals surface area contributed by atoms with Crippen molar-refractivity contribution in [3.8, 4) is 0 Å². The molecule has 19 heavy (non-hydrogen) atoms. The Labute approximate surface area is 130 Å². The van der Waals surface area contributed by atoms with Crippen LogP contribution in [-0.4, -0.2) is 18.5 Å². The number of hydrogen-bond donors (Lipinski definition) is 2. The molecule has 0 aromatic heterocycles. The summed E-state index contributed by atoms with van der Waals surface area (Å²) in [4.78, 5) is 11.5. The van der Waals surface area contributed by atoms with Gasteiger partial charge in [0.15, 0.2) is 0 Å². The molecule has 1 atom stereocenters. The third-order valence-corrected chi connectivity index (χ3v) is 3.35. The predicted molar refractivity (Wildman–Crippen MR) is 83.3 cm³/mol. The number of rotatable bonds is 6. The summed E-state index contributed by atoms with van der Waals surface area (Å²) in [6.45, 7) is 2.34. The second-order valence-electron chi connectivity index (χ2n) is 4.31. The van der Waals surface area contributed by atoms with E-state index in [4.69, 9.17) is 28.9 Å². The third-order valence-electron chi connectivity index (χ3n) is 2.61. The van der Waals surface area contributed by atoms with Gasteiger partial charge < -0.3 is 11.1 Å². The molecule has 1 amide bonds. The van der Waals surface area contributed by atoms with E-state index in [-0.39, 0.29) is 24.4 Å². The Balaban J connectivity index is 0.00000324. The molecule has 0 saturated heterocycles. The van der Waals surface area contributed by atoms with Gasteiger partial charge in [0.05, 0.1) is 10.0 Å². The maximum atomic E-state index is 11.5. The van der Waals surface area contributed by atoms with Crippen molar-refractivity contribution >= 4 is 41.5 Å². The van der Waals surface area contributed by atoms with Gasteiger partial charge in [0.1, 0.15) is 0 Å². The van der Waals surface area contributed by atoms with Gasteiger partial charge in [-0.05, 0) is 37.5 Å². The van der Waals surface area contributed by atoms with Gasteiger partial charge in [0, 0.05) is 19.0 Å². The molecule has 0 aliphatic heterocycles. The van der Waals surface area contributed by atoms with Crippen molar-refractivity contribution in [2.24, 2.45) is 5.73 Å². The SMILES string of the molecule is C[C@@H](CN)NC(=O)CCCc1ccc(Cl)c(Cl)c1.Cl. The van der Waals surface area contributed by atoms with Crippen molar-refractivity contribution in [1.82, 2.24) is 5.32 Å². The number of aryl methyl sites for hydroxylation is 1. The Morgan fingerprint density at radius 2 is 2.05 bits per heavy atom. The van der Waals surface area contributed by atoms with Crippen molar-refractivity contribution in [3.05, 3.63) is 33.8 Å². The number of nitrogens with one attached hydrogen (secondary N) is 1. The Morgan fingerprint density at radius 3 is 2.63 bits per heavy atom. The molecule has 1 aromatic carbocycles. The molecule has 1 rings (SSSR count). The molecule has 0 radical (unpaired) electrons. The fourth-order valence-electron chi connectivity index (χ4n) is 1.55. The lowest BCUT2D eigenvalue weighted by Gasteiger charge is -2.11. The minimum atomic E-state index is 0. The second kappa shape index (κ2) is 9.43. The van der Waals surface area contributed by atoms with Crippen LogP contribution in [0.3, 0.4) is 0 Å². The summed E-state index contributed by atoms with van der Waals surface area (Å²) in [7, 11) is 0. The van der Waals surface area contributed by atoms with Crippen LogP contribution >= 0.6 is 35.6 Å². The largest absolute Gasteiger partial charge is 0.352 e. The number of carbonyl (C=O) groups excluding carboxylic acids is 1. The molecule has 0 saturated carbocycles. The van der Waals surface area contributed by atoms with Crippen molar-refractivity contribution in [1.29, 1.82) is 0 Å². The van der Waals surface area contributed by atoms with Crippen LogP contribution in [-0.2, 0) is 11.2 Å². The molecule has 0 unspecified atom stereocenters. The zero-order chi connectivity index (χ0) is 13.5. The number of carbonyl (C=O) groups is 1. The topological polar surface area (TPSA) is 55.1 Å². The zero-order valence-corrected chi connectivity index (χ0v) is 13.1. The van der Waals surface area contributed by atoms with Crippen molar-refractivity contribution in [2.45, 2.75) is 32.2 Å². The first-order valence-electron chi connectivity index (χ1n) is 5.96. The maximum Gasteiger partial charge on any atom is 0.220 e. The summed E-state index contributed by atoms with van der Waals surface area (Å²) in [5, 5.41) is 3.93. The van der Waals surface area contributed by atoms with E-state index in [0.717, 1.165) is 18.4 Å². The Hall–Kier alpha value is -0.480. The second-order valence-corrected chi connectivity index (χ2v) is 5.12.